The van der Waals surface area contributed by atoms with E-state index in [9.17, 15) is 14.6 Å². The van der Waals surface area contributed by atoms with Crippen LogP contribution in [-0.2, 0) is 19.4 Å². The van der Waals surface area contributed by atoms with Gasteiger partial charge in [-0.1, -0.05) is 6.92 Å². The van der Waals surface area contributed by atoms with Gasteiger partial charge in [0, 0.05) is 35.4 Å². The average Bonchev–Trinajstić information content (AvgIpc) is 3.16. The SMILES string of the molecule is Cc1cc(OCC(C(C)(C)O)C(C)(C)O)cc(C)c1-c1cc(COc2cc3c(cn2)C[C@@H](C)C3)c(F)cc1F. The Balaban J connectivity index is 1.55. The van der Waals surface area contributed by atoms with Crippen molar-refractivity contribution in [1.29, 1.82) is 0 Å². The van der Waals surface area contributed by atoms with E-state index in [1.165, 1.54) is 17.2 Å². The standard InChI is InChI=1S/C32H39F2NO4/c1-18-8-21-13-29(35-15-22(21)9-18)39-16-23-12-25(27(34)14-26(23)33)30-19(2)10-24(11-20(30)3)38-17-28(31(4,5)36)32(6,7)37/h10-15,18,28,36-37H,8-9,16-17H2,1-7H3/t18-/m0/s1. The van der Waals surface area contributed by atoms with Crippen LogP contribution in [0.5, 0.6) is 11.6 Å². The van der Waals surface area contributed by atoms with Gasteiger partial charge in [-0.15, -0.1) is 0 Å². The molecule has 4 rings (SSSR count). The zero-order valence-corrected chi connectivity index (χ0v) is 23.9. The van der Waals surface area contributed by atoms with E-state index in [1.807, 2.05) is 26.1 Å². The van der Waals surface area contributed by atoms with Crippen molar-refractivity contribution in [2.75, 3.05) is 6.61 Å². The second-order valence-corrected chi connectivity index (χ2v) is 12.1. The largest absolute Gasteiger partial charge is 0.493 e. The van der Waals surface area contributed by atoms with Gasteiger partial charge in [0.15, 0.2) is 0 Å². The third-order valence-corrected chi connectivity index (χ3v) is 7.60. The van der Waals surface area contributed by atoms with E-state index in [0.717, 1.165) is 30.0 Å². The summed E-state index contributed by atoms with van der Waals surface area (Å²) < 4.78 is 41.6. The molecule has 1 aliphatic rings. The lowest BCUT2D eigenvalue weighted by Crippen LogP contribution is -2.48. The molecule has 0 aliphatic heterocycles. The Bertz CT molecular complexity index is 1320. The molecule has 1 aromatic heterocycles. The molecule has 7 heteroatoms. The molecule has 0 bridgehead atoms. The van der Waals surface area contributed by atoms with Crippen LogP contribution in [0.1, 0.15) is 62.4 Å². The first-order valence-corrected chi connectivity index (χ1v) is 13.4. The number of aromatic nitrogens is 1. The minimum absolute atomic E-state index is 0.0744. The number of aliphatic hydroxyl groups is 2. The molecular formula is C32H39F2NO4. The molecule has 5 nitrogen and oxygen atoms in total. The van der Waals surface area contributed by atoms with Gasteiger partial charge in [-0.05, 0) is 106 Å². The van der Waals surface area contributed by atoms with Gasteiger partial charge < -0.3 is 19.7 Å². The lowest BCUT2D eigenvalue weighted by molar-refractivity contribution is -0.105. The molecule has 1 aliphatic carbocycles. The first-order chi connectivity index (χ1) is 18.1. The maximum atomic E-state index is 15.1. The second-order valence-electron chi connectivity index (χ2n) is 12.1. The van der Waals surface area contributed by atoms with E-state index in [0.29, 0.717) is 23.1 Å². The summed E-state index contributed by atoms with van der Waals surface area (Å²) in [6.07, 6.45) is 3.79. The van der Waals surface area contributed by atoms with Crippen molar-refractivity contribution in [3.05, 3.63) is 76.0 Å². The summed E-state index contributed by atoms with van der Waals surface area (Å²) >= 11 is 0. The fraction of sp³-hybridized carbons (Fsp3) is 0.469. The van der Waals surface area contributed by atoms with Crippen LogP contribution in [0, 0.1) is 37.3 Å². The number of pyridine rings is 1. The average molecular weight is 540 g/mol. The third kappa shape index (κ3) is 6.59. The van der Waals surface area contributed by atoms with Crippen LogP contribution < -0.4 is 9.47 Å². The third-order valence-electron chi connectivity index (χ3n) is 7.60. The van der Waals surface area contributed by atoms with Crippen molar-refractivity contribution in [2.45, 2.75) is 79.1 Å². The normalized spacial score (nSPS) is 15.5. The number of rotatable bonds is 9. The first kappa shape index (κ1) is 29.0. The van der Waals surface area contributed by atoms with E-state index < -0.39 is 28.8 Å². The van der Waals surface area contributed by atoms with Crippen LogP contribution in [0.15, 0.2) is 36.5 Å². The molecule has 39 heavy (non-hydrogen) atoms. The Morgan fingerprint density at radius 1 is 0.897 bits per heavy atom. The van der Waals surface area contributed by atoms with Gasteiger partial charge in [0.05, 0.1) is 17.8 Å². The molecule has 0 fully saturated rings. The predicted octanol–water partition coefficient (Wildman–Crippen LogP) is 6.49. The highest BCUT2D eigenvalue weighted by Gasteiger charge is 2.39. The topological polar surface area (TPSA) is 71.8 Å². The zero-order valence-electron chi connectivity index (χ0n) is 23.9. The fourth-order valence-corrected chi connectivity index (χ4v) is 5.71. The molecule has 1 heterocycles. The Hall–Kier alpha value is -3.03. The van der Waals surface area contributed by atoms with E-state index in [2.05, 4.69) is 11.9 Å². The highest BCUT2D eigenvalue weighted by atomic mass is 19.1. The second kappa shape index (κ2) is 10.9. The van der Waals surface area contributed by atoms with Crippen molar-refractivity contribution in [1.82, 2.24) is 4.98 Å². The van der Waals surface area contributed by atoms with Crippen LogP contribution in [0.4, 0.5) is 8.78 Å². The number of aryl methyl sites for hydroxylation is 2. The molecule has 0 saturated carbocycles. The molecular weight excluding hydrogens is 500 g/mol. The Morgan fingerprint density at radius 2 is 1.51 bits per heavy atom. The molecule has 0 saturated heterocycles. The van der Waals surface area contributed by atoms with Gasteiger partial charge in [0.2, 0.25) is 5.88 Å². The summed E-state index contributed by atoms with van der Waals surface area (Å²) in [6, 6.07) is 7.86. The van der Waals surface area contributed by atoms with Crippen LogP contribution in [0.3, 0.4) is 0 Å². The van der Waals surface area contributed by atoms with Crippen molar-refractivity contribution in [2.24, 2.45) is 11.8 Å². The number of hydrogen-bond donors (Lipinski definition) is 2. The zero-order chi connectivity index (χ0) is 28.7. The van der Waals surface area contributed by atoms with Gasteiger partial charge in [-0.25, -0.2) is 13.8 Å². The number of fused-ring (bicyclic) bond motifs is 1. The van der Waals surface area contributed by atoms with Crippen LogP contribution in [-0.4, -0.2) is 33.0 Å². The number of nitrogens with zero attached hydrogens (tertiary/aromatic N) is 1. The number of benzene rings is 2. The minimum Gasteiger partial charge on any atom is -0.493 e. The minimum atomic E-state index is -1.16. The Kier molecular flexibility index (Phi) is 8.06. The summed E-state index contributed by atoms with van der Waals surface area (Å²) in [5.41, 5.74) is 2.76. The highest BCUT2D eigenvalue weighted by molar-refractivity contribution is 5.73. The maximum Gasteiger partial charge on any atom is 0.213 e. The van der Waals surface area contributed by atoms with E-state index in [1.54, 1.807) is 39.8 Å². The van der Waals surface area contributed by atoms with Crippen LogP contribution in [0.25, 0.3) is 11.1 Å². The molecule has 2 aromatic carbocycles. The Labute approximate surface area is 229 Å². The van der Waals surface area contributed by atoms with Gasteiger partial charge >= 0.3 is 0 Å². The number of halogens is 2. The van der Waals surface area contributed by atoms with E-state index in [-0.39, 0.29) is 24.3 Å². The molecule has 0 amide bonds. The summed E-state index contributed by atoms with van der Waals surface area (Å²) in [4.78, 5) is 4.36. The fourth-order valence-electron chi connectivity index (χ4n) is 5.71. The molecule has 1 atom stereocenters. The van der Waals surface area contributed by atoms with E-state index in [4.69, 9.17) is 9.47 Å². The predicted molar refractivity (Wildman–Crippen MR) is 148 cm³/mol. The summed E-state index contributed by atoms with van der Waals surface area (Å²) in [5.74, 6) is -0.351. The lowest BCUT2D eigenvalue weighted by Gasteiger charge is -2.37. The van der Waals surface area contributed by atoms with Crippen molar-refractivity contribution in [3.8, 4) is 22.8 Å². The summed E-state index contributed by atoms with van der Waals surface area (Å²) in [5, 5.41) is 21.0. The number of ether oxygens (including phenoxy) is 2. The van der Waals surface area contributed by atoms with E-state index >= 15 is 4.39 Å². The van der Waals surface area contributed by atoms with Crippen LogP contribution >= 0.6 is 0 Å². The Morgan fingerprint density at radius 3 is 2.13 bits per heavy atom. The molecule has 3 aromatic rings. The van der Waals surface area contributed by atoms with Crippen LogP contribution in [0.2, 0.25) is 0 Å². The van der Waals surface area contributed by atoms with Crippen molar-refractivity contribution in [3.63, 3.8) is 0 Å². The maximum absolute atomic E-state index is 15.1. The lowest BCUT2D eigenvalue weighted by atomic mass is 9.79. The number of hydrogen-bond acceptors (Lipinski definition) is 5. The monoisotopic (exact) mass is 539 g/mol. The molecule has 0 unspecified atom stereocenters. The van der Waals surface area contributed by atoms with Gasteiger partial charge in [0.1, 0.15) is 24.0 Å². The quantitative estimate of drug-likeness (QED) is 0.325. The summed E-state index contributed by atoms with van der Waals surface area (Å²) in [6.45, 7) is 12.4. The van der Waals surface area contributed by atoms with Gasteiger partial charge in [-0.3, -0.25) is 0 Å². The van der Waals surface area contributed by atoms with Gasteiger partial charge in [0.25, 0.3) is 0 Å². The molecule has 0 radical (unpaired) electrons. The van der Waals surface area contributed by atoms with Crippen molar-refractivity contribution >= 4 is 0 Å². The van der Waals surface area contributed by atoms with Crippen molar-refractivity contribution < 1.29 is 28.5 Å². The summed E-state index contributed by atoms with van der Waals surface area (Å²) in [7, 11) is 0. The van der Waals surface area contributed by atoms with Gasteiger partial charge in [-0.2, -0.15) is 0 Å². The first-order valence-electron chi connectivity index (χ1n) is 13.4. The smallest absolute Gasteiger partial charge is 0.213 e. The molecule has 0 spiro atoms. The molecule has 2 N–H and O–H groups in total. The molecule has 210 valence electrons. The highest BCUT2D eigenvalue weighted by Crippen LogP contribution is 2.36.